The van der Waals surface area contributed by atoms with E-state index in [0.29, 0.717) is 59.2 Å². The van der Waals surface area contributed by atoms with Crippen molar-refractivity contribution in [3.63, 3.8) is 0 Å². The lowest BCUT2D eigenvalue weighted by molar-refractivity contribution is 0.0560. The SMILES string of the molecule is CCN(Cc1nc2cc(OC)c(OC)cc2c(=O)[nH]1)Cc1cc(C)c(C(=O)OC)o1. The lowest BCUT2D eigenvalue weighted by Crippen LogP contribution is -2.25. The fourth-order valence-electron chi connectivity index (χ4n) is 3.22. The van der Waals surface area contributed by atoms with E-state index < -0.39 is 5.97 Å². The van der Waals surface area contributed by atoms with Crippen molar-refractivity contribution in [2.24, 2.45) is 0 Å². The van der Waals surface area contributed by atoms with Gasteiger partial charge in [-0.15, -0.1) is 0 Å². The van der Waals surface area contributed by atoms with Gasteiger partial charge < -0.3 is 23.6 Å². The van der Waals surface area contributed by atoms with Gasteiger partial charge in [0.1, 0.15) is 11.6 Å². The Balaban J connectivity index is 1.86. The summed E-state index contributed by atoms with van der Waals surface area (Å²) in [5.41, 5.74) is 0.976. The molecule has 3 rings (SSSR count). The van der Waals surface area contributed by atoms with Crippen LogP contribution in [0.25, 0.3) is 10.9 Å². The topological polar surface area (TPSA) is 107 Å². The van der Waals surface area contributed by atoms with Crippen molar-refractivity contribution < 1.29 is 23.4 Å². The maximum absolute atomic E-state index is 12.6. The Bertz CT molecular complexity index is 1120. The fraction of sp³-hybridized carbons (Fsp3) is 0.381. The third-order valence-electron chi connectivity index (χ3n) is 4.80. The third-order valence-corrected chi connectivity index (χ3v) is 4.80. The molecule has 2 aromatic heterocycles. The molecule has 2 heterocycles. The van der Waals surface area contributed by atoms with Gasteiger partial charge in [-0.05, 0) is 25.6 Å². The number of hydrogen-bond acceptors (Lipinski definition) is 8. The second-order valence-electron chi connectivity index (χ2n) is 6.76. The van der Waals surface area contributed by atoms with Crippen molar-refractivity contribution in [2.75, 3.05) is 27.9 Å². The van der Waals surface area contributed by atoms with Crippen molar-refractivity contribution in [3.05, 3.63) is 51.5 Å². The van der Waals surface area contributed by atoms with E-state index in [2.05, 4.69) is 9.97 Å². The zero-order valence-electron chi connectivity index (χ0n) is 17.7. The Morgan fingerprint density at radius 1 is 1.13 bits per heavy atom. The quantitative estimate of drug-likeness (QED) is 0.560. The highest BCUT2D eigenvalue weighted by Crippen LogP contribution is 2.30. The molecule has 0 aliphatic heterocycles. The predicted molar refractivity (Wildman–Crippen MR) is 110 cm³/mol. The van der Waals surface area contributed by atoms with Gasteiger partial charge >= 0.3 is 5.97 Å². The van der Waals surface area contributed by atoms with Crippen molar-refractivity contribution in [1.82, 2.24) is 14.9 Å². The van der Waals surface area contributed by atoms with E-state index in [-0.39, 0.29) is 11.3 Å². The van der Waals surface area contributed by atoms with Gasteiger partial charge in [-0.25, -0.2) is 9.78 Å². The number of aromatic amines is 1. The van der Waals surface area contributed by atoms with Crippen LogP contribution in [0.1, 0.15) is 34.6 Å². The number of fused-ring (bicyclic) bond motifs is 1. The molecule has 3 aromatic rings. The molecule has 0 atom stereocenters. The Morgan fingerprint density at radius 3 is 2.47 bits per heavy atom. The number of aryl methyl sites for hydroxylation is 1. The van der Waals surface area contributed by atoms with E-state index in [1.54, 1.807) is 19.1 Å². The zero-order valence-corrected chi connectivity index (χ0v) is 17.7. The minimum atomic E-state index is -0.508. The van der Waals surface area contributed by atoms with Gasteiger partial charge in [0.05, 0.1) is 45.3 Å². The molecule has 0 saturated carbocycles. The highest BCUT2D eigenvalue weighted by atomic mass is 16.5. The summed E-state index contributed by atoms with van der Waals surface area (Å²) in [6.07, 6.45) is 0. The molecule has 1 aromatic carbocycles. The molecule has 30 heavy (non-hydrogen) atoms. The van der Waals surface area contributed by atoms with Crippen LogP contribution in [0, 0.1) is 6.92 Å². The monoisotopic (exact) mass is 415 g/mol. The molecule has 0 bridgehead atoms. The van der Waals surface area contributed by atoms with Crippen molar-refractivity contribution in [1.29, 1.82) is 0 Å². The summed E-state index contributed by atoms with van der Waals surface area (Å²) in [5, 5.41) is 0.420. The smallest absolute Gasteiger partial charge is 0.374 e. The maximum Gasteiger partial charge on any atom is 0.374 e. The largest absolute Gasteiger partial charge is 0.493 e. The first-order chi connectivity index (χ1) is 14.4. The van der Waals surface area contributed by atoms with E-state index in [0.717, 1.165) is 0 Å². The summed E-state index contributed by atoms with van der Waals surface area (Å²) in [7, 11) is 4.36. The normalized spacial score (nSPS) is 11.1. The number of benzene rings is 1. The zero-order chi connectivity index (χ0) is 21.8. The van der Waals surface area contributed by atoms with Gasteiger partial charge in [0.15, 0.2) is 11.5 Å². The van der Waals surface area contributed by atoms with Gasteiger partial charge in [-0.2, -0.15) is 0 Å². The van der Waals surface area contributed by atoms with Crippen LogP contribution in [0.4, 0.5) is 0 Å². The van der Waals surface area contributed by atoms with Crippen molar-refractivity contribution >= 4 is 16.9 Å². The minimum Gasteiger partial charge on any atom is -0.493 e. The van der Waals surface area contributed by atoms with E-state index in [1.165, 1.54) is 21.3 Å². The van der Waals surface area contributed by atoms with Gasteiger partial charge in [0.25, 0.3) is 5.56 Å². The van der Waals surface area contributed by atoms with Gasteiger partial charge in [0.2, 0.25) is 5.76 Å². The molecular weight excluding hydrogens is 390 g/mol. The molecule has 0 spiro atoms. The Kier molecular flexibility index (Phi) is 6.41. The summed E-state index contributed by atoms with van der Waals surface area (Å²) in [5.74, 6) is 1.80. The molecule has 1 N–H and O–H groups in total. The average Bonchev–Trinajstić information content (AvgIpc) is 3.11. The standard InChI is InChI=1S/C21H25N3O6/c1-6-24(10-13-7-12(2)19(30-13)21(26)29-5)11-18-22-15-9-17(28-4)16(27-3)8-14(15)20(25)23-18/h7-9H,6,10-11H2,1-5H3,(H,22,23,25). The number of aromatic nitrogens is 2. The molecule has 0 saturated heterocycles. The molecular formula is C21H25N3O6. The van der Waals surface area contributed by atoms with Crippen LogP contribution < -0.4 is 15.0 Å². The van der Waals surface area contributed by atoms with Gasteiger partial charge in [-0.3, -0.25) is 9.69 Å². The highest BCUT2D eigenvalue weighted by Gasteiger charge is 2.18. The summed E-state index contributed by atoms with van der Waals surface area (Å²) < 4.78 is 20.9. The van der Waals surface area contributed by atoms with Crippen LogP contribution in [0.3, 0.4) is 0 Å². The van der Waals surface area contributed by atoms with Crippen molar-refractivity contribution in [3.8, 4) is 11.5 Å². The summed E-state index contributed by atoms with van der Waals surface area (Å²) >= 11 is 0. The second kappa shape index (κ2) is 9.00. The lowest BCUT2D eigenvalue weighted by Gasteiger charge is -2.18. The number of carbonyl (C=O) groups excluding carboxylic acids is 1. The van der Waals surface area contributed by atoms with E-state index in [1.807, 2.05) is 17.9 Å². The Labute approximate surface area is 173 Å². The van der Waals surface area contributed by atoms with Gasteiger partial charge in [-0.1, -0.05) is 6.92 Å². The van der Waals surface area contributed by atoms with Crippen LogP contribution in [0.5, 0.6) is 11.5 Å². The number of methoxy groups -OCH3 is 3. The van der Waals surface area contributed by atoms with Crippen LogP contribution in [0.15, 0.2) is 27.4 Å². The first kappa shape index (κ1) is 21.4. The Morgan fingerprint density at radius 2 is 1.83 bits per heavy atom. The van der Waals surface area contributed by atoms with E-state index >= 15 is 0 Å². The van der Waals surface area contributed by atoms with E-state index in [9.17, 15) is 9.59 Å². The number of hydrogen-bond donors (Lipinski definition) is 1. The maximum atomic E-state index is 12.6. The number of ether oxygens (including phenoxy) is 3. The molecule has 9 nitrogen and oxygen atoms in total. The van der Waals surface area contributed by atoms with Crippen LogP contribution in [-0.2, 0) is 17.8 Å². The van der Waals surface area contributed by atoms with Crippen LogP contribution in [0.2, 0.25) is 0 Å². The third kappa shape index (κ3) is 4.30. The molecule has 0 radical (unpaired) electrons. The van der Waals surface area contributed by atoms with E-state index in [4.69, 9.17) is 18.6 Å². The summed E-state index contributed by atoms with van der Waals surface area (Å²) in [6.45, 7) is 5.30. The number of furan rings is 1. The number of rotatable bonds is 8. The second-order valence-corrected chi connectivity index (χ2v) is 6.76. The molecule has 0 aliphatic carbocycles. The molecule has 0 fully saturated rings. The Hall–Kier alpha value is -3.33. The number of nitrogens with zero attached hydrogens (tertiary/aromatic N) is 2. The molecule has 9 heteroatoms. The molecule has 0 amide bonds. The van der Waals surface area contributed by atoms with Crippen molar-refractivity contribution in [2.45, 2.75) is 26.9 Å². The average molecular weight is 415 g/mol. The molecule has 0 aliphatic rings. The summed E-state index contributed by atoms with van der Waals surface area (Å²) in [6, 6.07) is 5.10. The van der Waals surface area contributed by atoms with Gasteiger partial charge in [0, 0.05) is 11.6 Å². The predicted octanol–water partition coefficient (Wildman–Crippen LogP) is 2.65. The highest BCUT2D eigenvalue weighted by molar-refractivity contribution is 5.87. The first-order valence-electron chi connectivity index (χ1n) is 9.45. The number of H-pyrrole nitrogens is 1. The molecule has 0 unspecified atom stereocenters. The fourth-order valence-corrected chi connectivity index (χ4v) is 3.22. The summed E-state index contributed by atoms with van der Waals surface area (Å²) in [4.78, 5) is 33.8. The number of carbonyl (C=O) groups is 1. The first-order valence-corrected chi connectivity index (χ1v) is 9.45. The minimum absolute atomic E-state index is 0.196. The number of esters is 1. The molecule has 160 valence electrons. The van der Waals surface area contributed by atoms with Crippen LogP contribution in [-0.4, -0.2) is 48.7 Å². The van der Waals surface area contributed by atoms with Crippen LogP contribution >= 0.6 is 0 Å². The number of nitrogens with one attached hydrogen (secondary N) is 1. The lowest BCUT2D eigenvalue weighted by atomic mass is 10.2.